The number of sulfone groups is 1. The van der Waals surface area contributed by atoms with Gasteiger partial charge in [0.1, 0.15) is 0 Å². The lowest BCUT2D eigenvalue weighted by atomic mass is 10.2. The monoisotopic (exact) mass is 302 g/mol. The van der Waals surface area contributed by atoms with Gasteiger partial charge in [-0.25, -0.2) is 8.42 Å². The van der Waals surface area contributed by atoms with Gasteiger partial charge >= 0.3 is 0 Å². The van der Waals surface area contributed by atoms with Crippen molar-refractivity contribution >= 4 is 32.7 Å². The predicted octanol–water partition coefficient (Wildman–Crippen LogP) is 0.925. The van der Waals surface area contributed by atoms with Crippen LogP contribution in [-0.4, -0.2) is 53.7 Å². The highest BCUT2D eigenvalue weighted by Gasteiger charge is 2.48. The molecule has 2 heterocycles. The van der Waals surface area contributed by atoms with Crippen LogP contribution in [0.25, 0.3) is 0 Å². The van der Waals surface area contributed by atoms with Crippen LogP contribution < -0.4 is 0 Å². The summed E-state index contributed by atoms with van der Waals surface area (Å²) in [6.07, 6.45) is 1.71. The molecule has 1 amide bonds. The summed E-state index contributed by atoms with van der Waals surface area (Å²) in [6, 6.07) is -0.0771. The Labute approximate surface area is 118 Å². The number of thioether (sulfide) groups is 1. The van der Waals surface area contributed by atoms with Gasteiger partial charge in [-0.3, -0.25) is 4.79 Å². The molecule has 0 N–H and O–H groups in total. The largest absolute Gasteiger partial charge is 0.342 e. The normalized spacial score (nSPS) is 30.9. The van der Waals surface area contributed by atoms with E-state index in [9.17, 15) is 13.2 Å². The van der Waals surface area contributed by atoms with Crippen molar-refractivity contribution in [1.29, 1.82) is 0 Å². The van der Waals surface area contributed by atoms with E-state index in [0.29, 0.717) is 11.7 Å². The minimum Gasteiger partial charge on any atom is -0.342 e. The average Bonchev–Trinajstić information content (AvgIpc) is 2.73. The van der Waals surface area contributed by atoms with Crippen LogP contribution in [0.15, 0.2) is 17.6 Å². The van der Waals surface area contributed by atoms with Gasteiger partial charge < -0.3 is 4.90 Å². The molecular weight excluding hydrogens is 284 g/mol. The second-order valence-corrected chi connectivity index (χ2v) is 8.49. The summed E-state index contributed by atoms with van der Waals surface area (Å²) < 4.78 is 23.3. The molecule has 2 fully saturated rings. The molecule has 0 bridgehead atoms. The van der Waals surface area contributed by atoms with Gasteiger partial charge in [-0.15, -0.1) is 6.58 Å². The van der Waals surface area contributed by atoms with Gasteiger partial charge in [-0.2, -0.15) is 4.99 Å². The molecule has 0 aromatic heterocycles. The van der Waals surface area contributed by atoms with E-state index in [1.54, 1.807) is 19.9 Å². The Morgan fingerprint density at radius 1 is 1.58 bits per heavy atom. The van der Waals surface area contributed by atoms with E-state index in [-0.39, 0.29) is 34.6 Å². The molecule has 2 aliphatic heterocycles. The Morgan fingerprint density at radius 3 is 2.84 bits per heavy atom. The lowest BCUT2D eigenvalue weighted by Gasteiger charge is -2.22. The molecule has 0 spiro atoms. The highest BCUT2D eigenvalue weighted by Crippen LogP contribution is 2.38. The molecule has 2 rings (SSSR count). The van der Waals surface area contributed by atoms with Crippen molar-refractivity contribution in [3.63, 3.8) is 0 Å². The van der Waals surface area contributed by atoms with Crippen LogP contribution in [0.5, 0.6) is 0 Å². The van der Waals surface area contributed by atoms with Crippen molar-refractivity contribution < 1.29 is 13.2 Å². The summed E-state index contributed by atoms with van der Waals surface area (Å²) in [5.41, 5.74) is 0. The molecule has 0 radical (unpaired) electrons. The summed E-state index contributed by atoms with van der Waals surface area (Å²) >= 11 is 1.41. The van der Waals surface area contributed by atoms with E-state index < -0.39 is 9.84 Å². The highest BCUT2D eigenvalue weighted by atomic mass is 32.2. The summed E-state index contributed by atoms with van der Waals surface area (Å²) in [6.45, 7) is 7.81. The minimum atomic E-state index is -2.96. The first-order valence-electron chi connectivity index (χ1n) is 6.21. The van der Waals surface area contributed by atoms with Gasteiger partial charge in [0.2, 0.25) is 0 Å². The number of hydrogen-bond acceptors (Lipinski definition) is 4. The van der Waals surface area contributed by atoms with E-state index in [1.165, 1.54) is 11.8 Å². The fourth-order valence-electron chi connectivity index (χ4n) is 2.21. The van der Waals surface area contributed by atoms with E-state index in [0.717, 1.165) is 0 Å². The van der Waals surface area contributed by atoms with Crippen LogP contribution in [0.2, 0.25) is 0 Å². The molecular formula is C12H18N2O3S2. The fourth-order valence-corrected chi connectivity index (χ4v) is 6.18. The molecule has 7 heteroatoms. The number of aliphatic imine (C=N–C) groups is 1. The lowest BCUT2D eigenvalue weighted by Crippen LogP contribution is -2.37. The summed E-state index contributed by atoms with van der Waals surface area (Å²) in [5.74, 6) is 0.000355. The molecule has 19 heavy (non-hydrogen) atoms. The standard InChI is InChI=1S/C12H18N2O3S2/c1-4-5-14-9-6-19(16,17)7-10(9)18-12(14)13-11(15)8(2)3/h4,8-10H,1,5-7H2,2-3H3/t9-,10-/m1/s1. The molecule has 2 atom stereocenters. The summed E-state index contributed by atoms with van der Waals surface area (Å²) in [4.78, 5) is 17.7. The van der Waals surface area contributed by atoms with E-state index in [4.69, 9.17) is 0 Å². The van der Waals surface area contributed by atoms with E-state index in [2.05, 4.69) is 11.6 Å². The third kappa shape index (κ3) is 3.02. The first-order chi connectivity index (χ1) is 8.84. The van der Waals surface area contributed by atoms with Crippen LogP contribution in [0.4, 0.5) is 0 Å². The molecule has 0 unspecified atom stereocenters. The fraction of sp³-hybridized carbons (Fsp3) is 0.667. The molecule has 0 saturated carbocycles. The van der Waals surface area contributed by atoms with Crippen molar-refractivity contribution in [2.45, 2.75) is 25.1 Å². The van der Waals surface area contributed by atoms with Gasteiger partial charge in [-0.05, 0) is 0 Å². The minimum absolute atomic E-state index is 0.0105. The van der Waals surface area contributed by atoms with Crippen molar-refractivity contribution in [2.75, 3.05) is 18.1 Å². The number of carbonyl (C=O) groups is 1. The number of amides is 1. The van der Waals surface area contributed by atoms with Crippen LogP contribution in [0.3, 0.4) is 0 Å². The molecule has 5 nitrogen and oxygen atoms in total. The van der Waals surface area contributed by atoms with Gasteiger partial charge in [0, 0.05) is 17.7 Å². The Kier molecular flexibility index (Phi) is 4.06. The van der Waals surface area contributed by atoms with Gasteiger partial charge in [0.15, 0.2) is 15.0 Å². The Bertz CT molecular complexity index is 525. The van der Waals surface area contributed by atoms with Crippen molar-refractivity contribution in [3.05, 3.63) is 12.7 Å². The van der Waals surface area contributed by atoms with Crippen molar-refractivity contribution in [1.82, 2.24) is 4.90 Å². The predicted molar refractivity (Wildman–Crippen MR) is 78.0 cm³/mol. The van der Waals surface area contributed by atoms with Gasteiger partial charge in [-0.1, -0.05) is 31.7 Å². The molecule has 0 aliphatic carbocycles. The summed E-state index contributed by atoms with van der Waals surface area (Å²) in [7, 11) is -2.96. The third-order valence-electron chi connectivity index (χ3n) is 3.20. The molecule has 0 aromatic carbocycles. The maximum absolute atomic E-state index is 11.7. The van der Waals surface area contributed by atoms with Crippen LogP contribution in [0, 0.1) is 5.92 Å². The zero-order valence-corrected chi connectivity index (χ0v) is 12.7. The number of fused-ring (bicyclic) bond motifs is 1. The number of amidine groups is 1. The highest BCUT2D eigenvalue weighted by molar-refractivity contribution is 8.15. The Hall–Kier alpha value is -0.820. The number of hydrogen-bond donors (Lipinski definition) is 0. The molecule has 2 saturated heterocycles. The third-order valence-corrected chi connectivity index (χ3v) is 6.45. The maximum atomic E-state index is 11.7. The maximum Gasteiger partial charge on any atom is 0.250 e. The quantitative estimate of drug-likeness (QED) is 0.725. The molecule has 2 aliphatic rings. The van der Waals surface area contributed by atoms with Gasteiger partial charge in [0.25, 0.3) is 5.91 Å². The van der Waals surface area contributed by atoms with E-state index >= 15 is 0 Å². The average molecular weight is 302 g/mol. The zero-order chi connectivity index (χ0) is 14.2. The van der Waals surface area contributed by atoms with E-state index in [1.807, 2.05) is 4.90 Å². The van der Waals surface area contributed by atoms with Crippen LogP contribution >= 0.6 is 11.8 Å². The summed E-state index contributed by atoms with van der Waals surface area (Å²) in [5, 5.41) is 0.632. The molecule has 0 aromatic rings. The van der Waals surface area contributed by atoms with Crippen LogP contribution in [-0.2, 0) is 14.6 Å². The topological polar surface area (TPSA) is 66.8 Å². The second-order valence-electron chi connectivity index (χ2n) is 5.13. The molecule has 106 valence electrons. The SMILES string of the molecule is C=CCN1C(=NC(=O)C(C)C)S[C@@H]2CS(=O)(=O)C[C@H]21. The first kappa shape index (κ1) is 14.6. The van der Waals surface area contributed by atoms with Crippen molar-refractivity contribution in [2.24, 2.45) is 10.9 Å². The smallest absolute Gasteiger partial charge is 0.250 e. The number of rotatable bonds is 3. The van der Waals surface area contributed by atoms with Crippen LogP contribution in [0.1, 0.15) is 13.8 Å². The second kappa shape index (κ2) is 5.28. The zero-order valence-electron chi connectivity index (χ0n) is 11.1. The Balaban J connectivity index is 2.24. The van der Waals surface area contributed by atoms with Crippen molar-refractivity contribution in [3.8, 4) is 0 Å². The number of nitrogens with zero attached hydrogens (tertiary/aromatic N) is 2. The lowest BCUT2D eigenvalue weighted by molar-refractivity contribution is -0.120. The van der Waals surface area contributed by atoms with Gasteiger partial charge in [0.05, 0.1) is 17.5 Å². The first-order valence-corrected chi connectivity index (χ1v) is 8.91. The number of carbonyl (C=O) groups excluding carboxylic acids is 1. The Morgan fingerprint density at radius 2 is 2.26 bits per heavy atom.